The molecule has 0 saturated carbocycles. The number of benzene rings is 1. The van der Waals surface area contributed by atoms with Gasteiger partial charge in [-0.05, 0) is 60.4 Å². The molecule has 0 aliphatic heterocycles. The average Bonchev–Trinajstić information content (AvgIpc) is 2.53. The Bertz CT molecular complexity index is 444. The molecule has 0 bridgehead atoms. The summed E-state index contributed by atoms with van der Waals surface area (Å²) in [4.78, 5) is 0. The maximum Gasteiger partial charge on any atom is 0.175 e. The van der Waals surface area contributed by atoms with E-state index in [1.54, 1.807) is 0 Å². The van der Waals surface area contributed by atoms with E-state index in [1.165, 1.54) is 44.1 Å². The fraction of sp³-hybridized carbons (Fsp3) is 0.684. The van der Waals surface area contributed by atoms with Crippen LogP contribution in [0.2, 0.25) is 0 Å². The van der Waals surface area contributed by atoms with E-state index in [9.17, 15) is 0 Å². The summed E-state index contributed by atoms with van der Waals surface area (Å²) >= 11 is 3.59. The predicted molar refractivity (Wildman–Crippen MR) is 109 cm³/mol. The molecule has 0 spiro atoms. The molecule has 0 aliphatic carbocycles. The van der Waals surface area contributed by atoms with Crippen molar-refractivity contribution in [3.8, 4) is 11.5 Å². The summed E-state index contributed by atoms with van der Waals surface area (Å²) in [6, 6.07) is 4.19. The second kappa shape index (κ2) is 14.9. The zero-order chi connectivity index (χ0) is 16.9. The van der Waals surface area contributed by atoms with E-state index in [0.717, 1.165) is 29.1 Å². The number of rotatable bonds is 13. The molecule has 0 unspecified atom stereocenters. The summed E-state index contributed by atoms with van der Waals surface area (Å²) < 4.78 is 12.3. The minimum atomic E-state index is 0. The van der Waals surface area contributed by atoms with Crippen LogP contribution in [0, 0.1) is 0 Å². The number of ether oxygens (including phenoxy) is 2. The van der Waals surface area contributed by atoms with Crippen molar-refractivity contribution in [3.05, 3.63) is 22.2 Å². The monoisotopic (exact) mass is 421 g/mol. The molecule has 5 heteroatoms. The van der Waals surface area contributed by atoms with Gasteiger partial charge >= 0.3 is 0 Å². The zero-order valence-corrected chi connectivity index (χ0v) is 17.7. The first-order chi connectivity index (χ1) is 11.2. The van der Waals surface area contributed by atoms with E-state index < -0.39 is 0 Å². The number of hydrogen-bond donors (Lipinski definition) is 1. The number of halogens is 2. The molecule has 0 heterocycles. The van der Waals surface area contributed by atoms with Crippen LogP contribution in [-0.2, 0) is 6.54 Å². The van der Waals surface area contributed by atoms with Gasteiger partial charge in [0.2, 0.25) is 0 Å². The topological polar surface area (TPSA) is 30.5 Å². The van der Waals surface area contributed by atoms with Gasteiger partial charge in [-0.15, -0.1) is 12.4 Å². The lowest BCUT2D eigenvalue weighted by atomic mass is 10.1. The molecule has 3 nitrogen and oxygen atoms in total. The van der Waals surface area contributed by atoms with Gasteiger partial charge in [0, 0.05) is 6.54 Å². The Morgan fingerprint density at radius 1 is 0.917 bits per heavy atom. The first-order valence-corrected chi connectivity index (χ1v) is 9.80. The lowest BCUT2D eigenvalue weighted by Gasteiger charge is -2.15. The van der Waals surface area contributed by atoms with Gasteiger partial charge in [0.05, 0.1) is 17.7 Å². The third kappa shape index (κ3) is 9.14. The van der Waals surface area contributed by atoms with Gasteiger partial charge in [-0.3, -0.25) is 0 Å². The fourth-order valence-corrected chi connectivity index (χ4v) is 3.14. The highest BCUT2D eigenvalue weighted by molar-refractivity contribution is 9.10. The van der Waals surface area contributed by atoms with E-state index in [0.29, 0.717) is 13.2 Å². The smallest absolute Gasteiger partial charge is 0.175 e. The molecular weight excluding hydrogens is 390 g/mol. The zero-order valence-electron chi connectivity index (χ0n) is 15.3. The highest BCUT2D eigenvalue weighted by Crippen LogP contribution is 2.36. The number of nitrogens with one attached hydrogen (secondary N) is 1. The average molecular weight is 423 g/mol. The first-order valence-electron chi connectivity index (χ1n) is 9.01. The Morgan fingerprint density at radius 2 is 1.58 bits per heavy atom. The molecule has 0 aromatic heterocycles. The Morgan fingerprint density at radius 3 is 2.25 bits per heavy atom. The van der Waals surface area contributed by atoms with Gasteiger partial charge in [-0.1, -0.05) is 39.0 Å². The van der Waals surface area contributed by atoms with Crippen LogP contribution in [0.5, 0.6) is 11.5 Å². The van der Waals surface area contributed by atoms with Crippen molar-refractivity contribution < 1.29 is 9.47 Å². The van der Waals surface area contributed by atoms with Crippen molar-refractivity contribution in [2.75, 3.05) is 19.8 Å². The molecule has 0 radical (unpaired) electrons. The molecule has 140 valence electrons. The minimum Gasteiger partial charge on any atom is -0.490 e. The lowest BCUT2D eigenvalue weighted by Crippen LogP contribution is -2.15. The van der Waals surface area contributed by atoms with Crippen molar-refractivity contribution in [2.24, 2.45) is 0 Å². The summed E-state index contributed by atoms with van der Waals surface area (Å²) in [5.74, 6) is 1.62. The number of unbranched alkanes of at least 4 members (excludes halogenated alkanes) is 5. The largest absolute Gasteiger partial charge is 0.490 e. The van der Waals surface area contributed by atoms with Crippen molar-refractivity contribution in [2.45, 2.75) is 65.8 Å². The van der Waals surface area contributed by atoms with Crippen LogP contribution >= 0.6 is 28.3 Å². The van der Waals surface area contributed by atoms with Gasteiger partial charge in [0.25, 0.3) is 0 Å². The first kappa shape index (κ1) is 23.5. The van der Waals surface area contributed by atoms with Crippen molar-refractivity contribution in [3.63, 3.8) is 0 Å². The summed E-state index contributed by atoms with van der Waals surface area (Å²) in [5, 5.41) is 3.52. The summed E-state index contributed by atoms with van der Waals surface area (Å²) in [6.07, 6.45) is 7.99. The Labute approximate surface area is 162 Å². The maximum atomic E-state index is 5.71. The second-order valence-electron chi connectivity index (χ2n) is 5.72. The van der Waals surface area contributed by atoms with Gasteiger partial charge in [-0.2, -0.15) is 0 Å². The van der Waals surface area contributed by atoms with Gasteiger partial charge in [0.15, 0.2) is 11.5 Å². The standard InChI is InChI=1S/C19H32BrNO2.ClH/c1-4-7-8-9-10-11-12-21-15-16-13-17(20)19(23-6-3)18(14-16)22-5-2;/h13-14,21H,4-12,15H2,1-3H3;1H. The second-order valence-corrected chi connectivity index (χ2v) is 6.57. The molecule has 0 aliphatic rings. The third-order valence-electron chi connectivity index (χ3n) is 3.69. The Hall–Kier alpha value is -0.450. The van der Waals surface area contributed by atoms with E-state index >= 15 is 0 Å². The van der Waals surface area contributed by atoms with Gasteiger partial charge in [-0.25, -0.2) is 0 Å². The molecule has 0 amide bonds. The number of hydrogen-bond acceptors (Lipinski definition) is 3. The lowest BCUT2D eigenvalue weighted by molar-refractivity contribution is 0.286. The van der Waals surface area contributed by atoms with Crippen LogP contribution in [0.3, 0.4) is 0 Å². The van der Waals surface area contributed by atoms with Crippen molar-refractivity contribution in [1.82, 2.24) is 5.32 Å². The van der Waals surface area contributed by atoms with Crippen LogP contribution in [0.1, 0.15) is 64.9 Å². The summed E-state index contributed by atoms with van der Waals surface area (Å²) in [6.45, 7) is 9.44. The van der Waals surface area contributed by atoms with Crippen LogP contribution in [0.15, 0.2) is 16.6 Å². The SMILES string of the molecule is CCCCCCCCNCc1cc(Br)c(OCC)c(OCC)c1.Cl. The molecular formula is C19H33BrClNO2. The molecule has 0 fully saturated rings. The van der Waals surface area contributed by atoms with E-state index in [4.69, 9.17) is 9.47 Å². The molecule has 24 heavy (non-hydrogen) atoms. The molecule has 0 saturated heterocycles. The predicted octanol–water partition coefficient (Wildman–Crippen LogP) is 6.12. The van der Waals surface area contributed by atoms with Crippen LogP contribution < -0.4 is 14.8 Å². The quantitative estimate of drug-likeness (QED) is 0.388. The van der Waals surface area contributed by atoms with Crippen molar-refractivity contribution in [1.29, 1.82) is 0 Å². The Balaban J connectivity index is 0.00000529. The summed E-state index contributed by atoms with van der Waals surface area (Å²) in [5.41, 5.74) is 1.22. The van der Waals surface area contributed by atoms with Crippen LogP contribution in [0.4, 0.5) is 0 Å². The molecule has 1 N–H and O–H groups in total. The summed E-state index contributed by atoms with van der Waals surface area (Å²) in [7, 11) is 0. The highest BCUT2D eigenvalue weighted by atomic mass is 79.9. The van der Waals surface area contributed by atoms with Crippen molar-refractivity contribution >= 4 is 28.3 Å². The maximum absolute atomic E-state index is 5.71. The van der Waals surface area contributed by atoms with E-state index in [1.807, 2.05) is 13.8 Å². The Kier molecular flexibility index (Phi) is 14.6. The molecule has 1 aromatic carbocycles. The van der Waals surface area contributed by atoms with Crippen LogP contribution in [-0.4, -0.2) is 19.8 Å². The fourth-order valence-electron chi connectivity index (χ4n) is 2.53. The molecule has 1 aromatic rings. The van der Waals surface area contributed by atoms with Gasteiger partial charge < -0.3 is 14.8 Å². The van der Waals surface area contributed by atoms with Gasteiger partial charge in [0.1, 0.15) is 0 Å². The molecule has 0 atom stereocenters. The van der Waals surface area contributed by atoms with Crippen LogP contribution in [0.25, 0.3) is 0 Å². The normalized spacial score (nSPS) is 10.3. The van der Waals surface area contributed by atoms with E-state index in [-0.39, 0.29) is 12.4 Å². The highest BCUT2D eigenvalue weighted by Gasteiger charge is 2.11. The minimum absolute atomic E-state index is 0. The third-order valence-corrected chi connectivity index (χ3v) is 4.28. The van der Waals surface area contributed by atoms with E-state index in [2.05, 4.69) is 40.3 Å². The molecule has 1 rings (SSSR count).